The lowest BCUT2D eigenvalue weighted by atomic mass is 9.97. The van der Waals surface area contributed by atoms with E-state index in [1.807, 2.05) is 0 Å². The zero-order chi connectivity index (χ0) is 13.2. The largest absolute Gasteiger partial charge is 0.310 e. The zero-order valence-electron chi connectivity index (χ0n) is 11.9. The van der Waals surface area contributed by atoms with Gasteiger partial charge in [-0.3, -0.25) is 0 Å². The molecular weight excluding hydrogens is 230 g/mol. The molecule has 3 atom stereocenters. The minimum absolute atomic E-state index is 0.689. The Balaban J connectivity index is 1.75. The molecule has 1 nitrogen and oxygen atoms in total. The van der Waals surface area contributed by atoms with Crippen LogP contribution in [0.15, 0.2) is 42.5 Å². The molecule has 1 aliphatic carbocycles. The molecule has 1 aliphatic rings. The molecule has 1 saturated carbocycles. The lowest BCUT2D eigenvalue weighted by molar-refractivity contribution is 0.370. The first-order valence-electron chi connectivity index (χ1n) is 7.46. The number of fused-ring (bicyclic) bond motifs is 1. The van der Waals surface area contributed by atoms with Gasteiger partial charge in [-0.05, 0) is 41.0 Å². The average Bonchev–Trinajstić information content (AvgIpc) is 2.76. The molecule has 1 fully saturated rings. The predicted octanol–water partition coefficient (Wildman–Crippen LogP) is 4.36. The Morgan fingerprint density at radius 2 is 1.79 bits per heavy atom. The molecule has 2 aromatic rings. The third kappa shape index (κ3) is 2.52. The van der Waals surface area contributed by atoms with Gasteiger partial charge in [0, 0.05) is 12.6 Å². The second kappa shape index (κ2) is 5.34. The first-order valence-corrected chi connectivity index (χ1v) is 7.46. The van der Waals surface area contributed by atoms with E-state index >= 15 is 0 Å². The summed E-state index contributed by atoms with van der Waals surface area (Å²) in [6, 6.07) is 16.0. The van der Waals surface area contributed by atoms with Gasteiger partial charge in [-0.15, -0.1) is 0 Å². The van der Waals surface area contributed by atoms with E-state index in [1.165, 1.54) is 29.2 Å². The number of hydrogen-bond donors (Lipinski definition) is 1. The number of rotatable bonds is 3. The molecule has 0 aromatic heterocycles. The minimum atomic E-state index is 0.689. The highest BCUT2D eigenvalue weighted by Gasteiger charge is 2.28. The van der Waals surface area contributed by atoms with Gasteiger partial charge >= 0.3 is 0 Å². The average molecular weight is 253 g/mol. The molecule has 0 aliphatic heterocycles. The molecule has 0 bridgehead atoms. The van der Waals surface area contributed by atoms with Crippen LogP contribution in [0.3, 0.4) is 0 Å². The quantitative estimate of drug-likeness (QED) is 0.856. The Hall–Kier alpha value is -1.34. The molecule has 0 spiro atoms. The van der Waals surface area contributed by atoms with Crippen LogP contribution in [0.5, 0.6) is 0 Å². The van der Waals surface area contributed by atoms with Crippen molar-refractivity contribution in [2.45, 2.75) is 39.3 Å². The van der Waals surface area contributed by atoms with Gasteiger partial charge in [0.2, 0.25) is 0 Å². The van der Waals surface area contributed by atoms with Crippen LogP contribution in [0.4, 0.5) is 0 Å². The Kier molecular flexibility index (Phi) is 3.56. The fourth-order valence-electron chi connectivity index (χ4n) is 3.34. The summed E-state index contributed by atoms with van der Waals surface area (Å²) >= 11 is 0. The van der Waals surface area contributed by atoms with Crippen LogP contribution in [0.1, 0.15) is 32.3 Å². The maximum absolute atomic E-state index is 3.77. The van der Waals surface area contributed by atoms with E-state index in [0.717, 1.165) is 18.4 Å². The second-order valence-electron chi connectivity index (χ2n) is 6.04. The van der Waals surface area contributed by atoms with E-state index in [9.17, 15) is 0 Å². The smallest absolute Gasteiger partial charge is 0.0214 e. The second-order valence-corrected chi connectivity index (χ2v) is 6.04. The normalized spacial score (nSPS) is 26.9. The van der Waals surface area contributed by atoms with E-state index in [4.69, 9.17) is 0 Å². The third-order valence-corrected chi connectivity index (χ3v) is 4.90. The highest BCUT2D eigenvalue weighted by molar-refractivity contribution is 5.85. The Morgan fingerprint density at radius 1 is 1.00 bits per heavy atom. The van der Waals surface area contributed by atoms with Crippen molar-refractivity contribution in [2.24, 2.45) is 11.8 Å². The Morgan fingerprint density at radius 3 is 2.58 bits per heavy atom. The van der Waals surface area contributed by atoms with Crippen molar-refractivity contribution in [3.8, 4) is 0 Å². The molecular formula is C18H23N. The van der Waals surface area contributed by atoms with Crippen molar-refractivity contribution < 1.29 is 0 Å². The molecule has 0 heterocycles. The van der Waals surface area contributed by atoms with Crippen LogP contribution in [-0.4, -0.2) is 6.04 Å². The molecule has 0 saturated heterocycles. The minimum Gasteiger partial charge on any atom is -0.310 e. The summed E-state index contributed by atoms with van der Waals surface area (Å²) in [5.74, 6) is 1.67. The van der Waals surface area contributed by atoms with E-state index < -0.39 is 0 Å². The summed E-state index contributed by atoms with van der Waals surface area (Å²) < 4.78 is 0. The summed E-state index contributed by atoms with van der Waals surface area (Å²) in [7, 11) is 0. The summed E-state index contributed by atoms with van der Waals surface area (Å²) in [5, 5.41) is 6.50. The van der Waals surface area contributed by atoms with Gasteiger partial charge in [0.15, 0.2) is 0 Å². The van der Waals surface area contributed by atoms with Gasteiger partial charge in [0.05, 0.1) is 0 Å². The Labute approximate surface area is 116 Å². The highest BCUT2D eigenvalue weighted by Crippen LogP contribution is 2.31. The fraction of sp³-hybridized carbons (Fsp3) is 0.444. The van der Waals surface area contributed by atoms with E-state index in [1.54, 1.807) is 0 Å². The monoisotopic (exact) mass is 253 g/mol. The van der Waals surface area contributed by atoms with Crippen LogP contribution < -0.4 is 5.32 Å². The van der Waals surface area contributed by atoms with E-state index in [-0.39, 0.29) is 0 Å². The van der Waals surface area contributed by atoms with Crippen LogP contribution in [0.2, 0.25) is 0 Å². The van der Waals surface area contributed by atoms with Crippen LogP contribution in [0.25, 0.3) is 10.8 Å². The summed E-state index contributed by atoms with van der Waals surface area (Å²) in [6.45, 7) is 5.76. The van der Waals surface area contributed by atoms with Gasteiger partial charge in [-0.25, -0.2) is 0 Å². The van der Waals surface area contributed by atoms with Crippen LogP contribution in [0, 0.1) is 11.8 Å². The summed E-state index contributed by atoms with van der Waals surface area (Å²) in [6.07, 6.45) is 2.70. The molecule has 0 amide bonds. The van der Waals surface area contributed by atoms with Gasteiger partial charge < -0.3 is 5.32 Å². The Bertz CT molecular complexity index is 555. The topological polar surface area (TPSA) is 12.0 Å². The van der Waals surface area contributed by atoms with E-state index in [0.29, 0.717) is 6.04 Å². The van der Waals surface area contributed by atoms with Crippen molar-refractivity contribution >= 4 is 10.8 Å². The summed E-state index contributed by atoms with van der Waals surface area (Å²) in [5.41, 5.74) is 1.42. The predicted molar refractivity (Wildman–Crippen MR) is 82.1 cm³/mol. The molecule has 0 radical (unpaired) electrons. The van der Waals surface area contributed by atoms with Crippen molar-refractivity contribution in [3.05, 3.63) is 48.0 Å². The summed E-state index contributed by atoms with van der Waals surface area (Å²) in [4.78, 5) is 0. The SMILES string of the molecule is CC1CCC(NCc2cccc3ccccc23)C1C. The van der Waals surface area contributed by atoms with Crippen molar-refractivity contribution in [1.29, 1.82) is 0 Å². The van der Waals surface area contributed by atoms with Crippen LogP contribution in [-0.2, 0) is 6.54 Å². The van der Waals surface area contributed by atoms with Crippen molar-refractivity contribution in [1.82, 2.24) is 5.32 Å². The molecule has 3 rings (SSSR count). The van der Waals surface area contributed by atoms with Gasteiger partial charge in [0.25, 0.3) is 0 Å². The number of hydrogen-bond acceptors (Lipinski definition) is 1. The fourth-order valence-corrected chi connectivity index (χ4v) is 3.34. The van der Waals surface area contributed by atoms with Crippen LogP contribution >= 0.6 is 0 Å². The lowest BCUT2D eigenvalue weighted by Crippen LogP contribution is -2.31. The van der Waals surface area contributed by atoms with Crippen molar-refractivity contribution in [2.75, 3.05) is 0 Å². The number of nitrogens with one attached hydrogen (secondary N) is 1. The van der Waals surface area contributed by atoms with Gasteiger partial charge in [0.1, 0.15) is 0 Å². The molecule has 1 N–H and O–H groups in total. The third-order valence-electron chi connectivity index (χ3n) is 4.90. The van der Waals surface area contributed by atoms with Gasteiger partial charge in [-0.1, -0.05) is 56.3 Å². The molecule has 1 heteroatoms. The molecule has 2 aromatic carbocycles. The maximum atomic E-state index is 3.77. The van der Waals surface area contributed by atoms with Gasteiger partial charge in [-0.2, -0.15) is 0 Å². The molecule has 3 unspecified atom stereocenters. The maximum Gasteiger partial charge on any atom is 0.0214 e. The first kappa shape index (κ1) is 12.7. The highest BCUT2D eigenvalue weighted by atomic mass is 14.9. The zero-order valence-corrected chi connectivity index (χ0v) is 11.9. The van der Waals surface area contributed by atoms with Crippen molar-refractivity contribution in [3.63, 3.8) is 0 Å². The molecule has 19 heavy (non-hydrogen) atoms. The lowest BCUT2D eigenvalue weighted by Gasteiger charge is -2.20. The van der Waals surface area contributed by atoms with E-state index in [2.05, 4.69) is 61.6 Å². The molecule has 100 valence electrons. The standard InChI is InChI=1S/C18H23N/c1-13-10-11-18(14(13)2)19-12-16-8-5-7-15-6-3-4-9-17(15)16/h3-9,13-14,18-19H,10-12H2,1-2H3. The first-order chi connectivity index (χ1) is 9.25. The number of benzene rings is 2.